The largest absolute Gasteiger partial charge is 0.238 e. The van der Waals surface area contributed by atoms with E-state index in [0.29, 0.717) is 5.41 Å². The lowest BCUT2D eigenvalue weighted by atomic mass is 9.81. The first-order valence-corrected chi connectivity index (χ1v) is 11.6. The first-order valence-electron chi connectivity index (χ1n) is 8.98. The van der Waals surface area contributed by atoms with Crippen LogP contribution in [0.3, 0.4) is 0 Å². The SMILES string of the molecule is NS(=O)(=O)c1ccc(C2=C(c3ccc(I)cc3)CC3(CCCC3)C2)cc1. The second-order valence-corrected chi connectivity index (χ2v) is 10.4. The normalized spacial score (nSPS) is 19.5. The standard InChI is InChI=1S/C21H22INO2S/c22-17-7-3-15(4-8-17)19-13-21(11-1-2-12-21)14-20(19)16-5-9-18(10-6-16)26(23,24)25/h3-10H,1-2,11-14H2,(H2,23,24,25). The van der Waals surface area contributed by atoms with Gasteiger partial charge in [0.05, 0.1) is 4.90 Å². The first-order chi connectivity index (χ1) is 12.4. The summed E-state index contributed by atoms with van der Waals surface area (Å²) in [7, 11) is -3.65. The minimum absolute atomic E-state index is 0.172. The molecule has 2 aliphatic rings. The summed E-state index contributed by atoms with van der Waals surface area (Å²) in [6.45, 7) is 0. The molecule has 1 fully saturated rings. The zero-order chi connectivity index (χ0) is 18.4. The van der Waals surface area contributed by atoms with E-state index < -0.39 is 10.0 Å². The van der Waals surface area contributed by atoms with Crippen molar-refractivity contribution in [1.82, 2.24) is 0 Å². The van der Waals surface area contributed by atoms with Crippen molar-refractivity contribution in [2.24, 2.45) is 10.6 Å². The Bertz CT molecular complexity index is 954. The van der Waals surface area contributed by atoms with Crippen molar-refractivity contribution < 1.29 is 8.42 Å². The molecule has 5 heteroatoms. The maximum absolute atomic E-state index is 11.6. The van der Waals surface area contributed by atoms with Crippen LogP contribution in [-0.2, 0) is 10.0 Å². The zero-order valence-corrected chi connectivity index (χ0v) is 17.5. The van der Waals surface area contributed by atoms with Gasteiger partial charge >= 0.3 is 0 Å². The van der Waals surface area contributed by atoms with Crippen LogP contribution in [0.5, 0.6) is 0 Å². The maximum atomic E-state index is 11.6. The molecule has 0 aromatic heterocycles. The lowest BCUT2D eigenvalue weighted by Gasteiger charge is -2.23. The topological polar surface area (TPSA) is 60.2 Å². The molecule has 2 aromatic rings. The van der Waals surface area contributed by atoms with E-state index in [2.05, 4.69) is 46.9 Å². The summed E-state index contributed by atoms with van der Waals surface area (Å²) in [5.41, 5.74) is 5.60. The van der Waals surface area contributed by atoms with E-state index in [1.54, 1.807) is 12.1 Å². The predicted octanol–water partition coefficient (Wildman–Crippen LogP) is 5.20. The summed E-state index contributed by atoms with van der Waals surface area (Å²) in [5.74, 6) is 0. The molecule has 1 spiro atoms. The van der Waals surface area contributed by atoms with Gasteiger partial charge in [-0.05, 0) is 100 Å². The molecular weight excluding hydrogens is 457 g/mol. The lowest BCUT2D eigenvalue weighted by Crippen LogP contribution is -2.12. The summed E-state index contributed by atoms with van der Waals surface area (Å²) in [6.07, 6.45) is 7.43. The van der Waals surface area contributed by atoms with Gasteiger partial charge in [-0.1, -0.05) is 37.1 Å². The Labute approximate surface area is 168 Å². The van der Waals surface area contributed by atoms with Crippen LogP contribution in [0.1, 0.15) is 49.7 Å². The van der Waals surface area contributed by atoms with Gasteiger partial charge in [0.1, 0.15) is 0 Å². The van der Waals surface area contributed by atoms with Crippen molar-refractivity contribution in [3.05, 3.63) is 63.2 Å². The Morgan fingerprint density at radius 1 is 0.808 bits per heavy atom. The molecule has 3 nitrogen and oxygen atoms in total. The second-order valence-electron chi connectivity index (χ2n) is 7.59. The molecule has 1 saturated carbocycles. The third-order valence-corrected chi connectivity index (χ3v) is 7.50. The van der Waals surface area contributed by atoms with Gasteiger partial charge in [-0.2, -0.15) is 0 Å². The number of benzene rings is 2. The Kier molecular flexibility index (Phi) is 4.73. The van der Waals surface area contributed by atoms with Crippen LogP contribution in [-0.4, -0.2) is 8.42 Å². The van der Waals surface area contributed by atoms with Crippen LogP contribution >= 0.6 is 22.6 Å². The van der Waals surface area contributed by atoms with Crippen molar-refractivity contribution >= 4 is 43.8 Å². The molecule has 136 valence electrons. The van der Waals surface area contributed by atoms with Crippen molar-refractivity contribution in [1.29, 1.82) is 0 Å². The van der Waals surface area contributed by atoms with Crippen LogP contribution < -0.4 is 5.14 Å². The van der Waals surface area contributed by atoms with E-state index in [9.17, 15) is 8.42 Å². The number of sulfonamides is 1. The highest BCUT2D eigenvalue weighted by atomic mass is 127. The minimum Gasteiger partial charge on any atom is -0.225 e. The summed E-state index contributed by atoms with van der Waals surface area (Å²) in [5, 5.41) is 5.25. The number of halogens is 1. The Morgan fingerprint density at radius 2 is 1.27 bits per heavy atom. The monoisotopic (exact) mass is 479 g/mol. The highest BCUT2D eigenvalue weighted by molar-refractivity contribution is 14.1. The van der Waals surface area contributed by atoms with Gasteiger partial charge in [0, 0.05) is 3.57 Å². The van der Waals surface area contributed by atoms with E-state index in [-0.39, 0.29) is 4.90 Å². The number of hydrogen-bond donors (Lipinski definition) is 1. The summed E-state index contributed by atoms with van der Waals surface area (Å²) < 4.78 is 24.3. The molecule has 26 heavy (non-hydrogen) atoms. The average molecular weight is 479 g/mol. The van der Waals surface area contributed by atoms with Crippen LogP contribution in [0.15, 0.2) is 53.4 Å². The number of allylic oxidation sites excluding steroid dienone is 2. The molecule has 0 radical (unpaired) electrons. The van der Waals surface area contributed by atoms with E-state index in [4.69, 9.17) is 5.14 Å². The molecule has 0 heterocycles. The van der Waals surface area contributed by atoms with Crippen molar-refractivity contribution in [2.75, 3.05) is 0 Å². The number of nitrogens with two attached hydrogens (primary N) is 1. The van der Waals surface area contributed by atoms with Gasteiger partial charge in [0.15, 0.2) is 0 Å². The molecule has 2 N–H and O–H groups in total. The third kappa shape index (κ3) is 3.49. The Balaban J connectivity index is 1.78. The first kappa shape index (κ1) is 18.2. The van der Waals surface area contributed by atoms with E-state index >= 15 is 0 Å². The van der Waals surface area contributed by atoms with E-state index in [1.807, 2.05) is 12.1 Å². The zero-order valence-electron chi connectivity index (χ0n) is 14.5. The summed E-state index contributed by atoms with van der Waals surface area (Å²) >= 11 is 2.33. The van der Waals surface area contributed by atoms with Crippen molar-refractivity contribution in [3.8, 4) is 0 Å². The molecule has 0 atom stereocenters. The van der Waals surface area contributed by atoms with Gasteiger partial charge in [-0.3, -0.25) is 0 Å². The molecule has 0 unspecified atom stereocenters. The molecule has 2 aliphatic carbocycles. The lowest BCUT2D eigenvalue weighted by molar-refractivity contribution is 0.330. The highest BCUT2D eigenvalue weighted by Crippen LogP contribution is 2.57. The Morgan fingerprint density at radius 3 is 1.73 bits per heavy atom. The van der Waals surface area contributed by atoms with Gasteiger partial charge in [0.2, 0.25) is 10.0 Å². The predicted molar refractivity (Wildman–Crippen MR) is 114 cm³/mol. The third-order valence-electron chi connectivity index (χ3n) is 5.86. The van der Waals surface area contributed by atoms with Crippen molar-refractivity contribution in [2.45, 2.75) is 43.4 Å². The number of primary sulfonamides is 1. The smallest absolute Gasteiger partial charge is 0.225 e. The molecule has 0 bridgehead atoms. The van der Waals surface area contributed by atoms with Gasteiger partial charge in [-0.25, -0.2) is 13.6 Å². The number of hydrogen-bond acceptors (Lipinski definition) is 2. The van der Waals surface area contributed by atoms with E-state index in [1.165, 1.54) is 46.0 Å². The van der Waals surface area contributed by atoms with Gasteiger partial charge < -0.3 is 0 Å². The van der Waals surface area contributed by atoms with Crippen LogP contribution in [0.25, 0.3) is 11.1 Å². The van der Waals surface area contributed by atoms with Gasteiger partial charge in [0.25, 0.3) is 0 Å². The summed E-state index contributed by atoms with van der Waals surface area (Å²) in [6, 6.07) is 15.8. The van der Waals surface area contributed by atoms with Gasteiger partial charge in [-0.15, -0.1) is 0 Å². The molecule has 4 rings (SSSR count). The Hall–Kier alpha value is -1.18. The molecule has 0 aliphatic heterocycles. The van der Waals surface area contributed by atoms with Crippen molar-refractivity contribution in [3.63, 3.8) is 0 Å². The fourth-order valence-electron chi connectivity index (χ4n) is 4.55. The number of rotatable bonds is 3. The summed E-state index contributed by atoms with van der Waals surface area (Å²) in [4.78, 5) is 0.172. The molecule has 0 saturated heterocycles. The van der Waals surface area contributed by atoms with Crippen LogP contribution in [0.4, 0.5) is 0 Å². The maximum Gasteiger partial charge on any atom is 0.238 e. The quantitative estimate of drug-likeness (QED) is 0.615. The highest BCUT2D eigenvalue weighted by Gasteiger charge is 2.41. The van der Waals surface area contributed by atoms with Crippen LogP contribution in [0, 0.1) is 8.99 Å². The molecule has 2 aromatic carbocycles. The second kappa shape index (κ2) is 6.77. The van der Waals surface area contributed by atoms with Crippen LogP contribution in [0.2, 0.25) is 0 Å². The minimum atomic E-state index is -3.65. The fourth-order valence-corrected chi connectivity index (χ4v) is 5.43. The fraction of sp³-hybridized carbons (Fsp3) is 0.333. The van der Waals surface area contributed by atoms with E-state index in [0.717, 1.165) is 18.4 Å². The molecule has 0 amide bonds. The average Bonchev–Trinajstić information content (AvgIpc) is 3.22. The molecular formula is C21H22INO2S.